The van der Waals surface area contributed by atoms with Crippen LogP contribution in [-0.2, 0) is 11.3 Å². The van der Waals surface area contributed by atoms with Gasteiger partial charge in [0, 0.05) is 18.4 Å². The first-order valence-corrected chi connectivity index (χ1v) is 8.22. The molecule has 1 aliphatic rings. The molecular formula is C18H21F2N3O2. The Balaban J connectivity index is 1.76. The van der Waals surface area contributed by atoms with E-state index in [-0.39, 0.29) is 24.3 Å². The lowest BCUT2D eigenvalue weighted by atomic mass is 10.0. The highest BCUT2D eigenvalue weighted by atomic mass is 19.2. The third-order valence-electron chi connectivity index (χ3n) is 4.42. The number of hydrogen-bond donors (Lipinski definition) is 0. The van der Waals surface area contributed by atoms with Crippen LogP contribution in [0.25, 0.3) is 0 Å². The van der Waals surface area contributed by atoms with E-state index in [1.165, 1.54) is 6.07 Å². The van der Waals surface area contributed by atoms with Crippen molar-refractivity contribution in [1.82, 2.24) is 15.1 Å². The van der Waals surface area contributed by atoms with Crippen molar-refractivity contribution in [2.75, 3.05) is 0 Å². The van der Waals surface area contributed by atoms with Gasteiger partial charge in [0.1, 0.15) is 0 Å². The lowest BCUT2D eigenvalue weighted by molar-refractivity contribution is -0.138. The molecule has 1 heterocycles. The third-order valence-corrected chi connectivity index (χ3v) is 4.42. The third kappa shape index (κ3) is 3.70. The largest absolute Gasteiger partial charge is 0.424 e. The summed E-state index contributed by atoms with van der Waals surface area (Å²) >= 11 is 0. The number of carbonyl (C=O) groups excluding carboxylic acids is 1. The van der Waals surface area contributed by atoms with Crippen molar-refractivity contribution in [2.45, 2.75) is 52.1 Å². The van der Waals surface area contributed by atoms with E-state index in [0.717, 1.165) is 6.07 Å². The van der Waals surface area contributed by atoms with Crippen molar-refractivity contribution in [3.63, 3.8) is 0 Å². The van der Waals surface area contributed by atoms with Gasteiger partial charge in [-0.1, -0.05) is 6.07 Å². The van der Waals surface area contributed by atoms with Crippen LogP contribution in [0.4, 0.5) is 8.78 Å². The number of benzene rings is 1. The van der Waals surface area contributed by atoms with Crippen molar-refractivity contribution in [1.29, 1.82) is 0 Å². The van der Waals surface area contributed by atoms with Crippen LogP contribution in [0, 0.1) is 24.5 Å². The highest BCUT2D eigenvalue weighted by Crippen LogP contribution is 2.49. The first-order valence-electron chi connectivity index (χ1n) is 8.22. The zero-order valence-corrected chi connectivity index (χ0v) is 14.7. The molecular weight excluding hydrogens is 328 g/mol. The van der Waals surface area contributed by atoms with Gasteiger partial charge in [-0.15, -0.1) is 10.2 Å². The van der Waals surface area contributed by atoms with Crippen molar-refractivity contribution < 1.29 is 18.0 Å². The molecule has 0 radical (unpaired) electrons. The summed E-state index contributed by atoms with van der Waals surface area (Å²) in [6, 6.07) is 3.82. The summed E-state index contributed by atoms with van der Waals surface area (Å²) < 4.78 is 31.9. The van der Waals surface area contributed by atoms with Crippen molar-refractivity contribution >= 4 is 5.91 Å². The number of aromatic nitrogens is 2. The highest BCUT2D eigenvalue weighted by Gasteiger charge is 2.48. The Hall–Kier alpha value is -2.31. The van der Waals surface area contributed by atoms with Crippen LogP contribution in [-0.4, -0.2) is 26.5 Å². The number of nitrogens with zero attached hydrogens (tertiary/aromatic N) is 3. The lowest BCUT2D eigenvalue weighted by Crippen LogP contribution is -2.46. The molecule has 5 nitrogen and oxygen atoms in total. The summed E-state index contributed by atoms with van der Waals surface area (Å²) in [4.78, 5) is 14.7. The van der Waals surface area contributed by atoms with Crippen LogP contribution < -0.4 is 0 Å². The van der Waals surface area contributed by atoms with Gasteiger partial charge in [-0.2, -0.15) is 0 Å². The summed E-state index contributed by atoms with van der Waals surface area (Å²) in [6.07, 6.45) is 0.624. The van der Waals surface area contributed by atoms with Gasteiger partial charge in [0.05, 0.1) is 6.54 Å². The number of halogens is 2. The van der Waals surface area contributed by atoms with Gasteiger partial charge in [0.25, 0.3) is 0 Å². The molecule has 0 saturated heterocycles. The predicted octanol–water partition coefficient (Wildman–Crippen LogP) is 3.59. The Labute approximate surface area is 145 Å². The summed E-state index contributed by atoms with van der Waals surface area (Å²) in [6.45, 7) is 7.72. The minimum atomic E-state index is -0.885. The second-order valence-electron chi connectivity index (χ2n) is 7.43. The molecule has 0 unspecified atom stereocenters. The zero-order chi connectivity index (χ0) is 18.4. The molecule has 0 N–H and O–H groups in total. The minimum absolute atomic E-state index is 0.0434. The van der Waals surface area contributed by atoms with Crippen LogP contribution in [0.1, 0.15) is 50.5 Å². The van der Waals surface area contributed by atoms with Gasteiger partial charge < -0.3 is 9.32 Å². The molecule has 1 aliphatic carbocycles. The molecule has 1 fully saturated rings. The summed E-state index contributed by atoms with van der Waals surface area (Å²) in [5, 5.41) is 7.75. The first kappa shape index (κ1) is 17.5. The van der Waals surface area contributed by atoms with E-state index in [2.05, 4.69) is 10.2 Å². The van der Waals surface area contributed by atoms with E-state index < -0.39 is 17.2 Å². The highest BCUT2D eigenvalue weighted by molar-refractivity contribution is 5.83. The van der Waals surface area contributed by atoms with Crippen molar-refractivity contribution in [3.8, 4) is 0 Å². The van der Waals surface area contributed by atoms with E-state index >= 15 is 0 Å². The topological polar surface area (TPSA) is 59.2 Å². The SMILES string of the molecule is Cc1nnc(CN(C(=O)[C@@H]2C[C@@H]2c2ccc(F)c(F)c2)C(C)(C)C)o1. The van der Waals surface area contributed by atoms with Gasteiger partial charge in [-0.3, -0.25) is 4.79 Å². The predicted molar refractivity (Wildman–Crippen MR) is 86.5 cm³/mol. The summed E-state index contributed by atoms with van der Waals surface area (Å²) in [7, 11) is 0. The maximum Gasteiger partial charge on any atom is 0.235 e. The smallest absolute Gasteiger partial charge is 0.235 e. The Kier molecular flexibility index (Phi) is 4.34. The van der Waals surface area contributed by atoms with Crippen molar-refractivity contribution in [2.24, 2.45) is 5.92 Å². The summed E-state index contributed by atoms with van der Waals surface area (Å²) in [5.41, 5.74) is 0.223. The number of aryl methyl sites for hydroxylation is 1. The average molecular weight is 349 g/mol. The molecule has 0 aliphatic heterocycles. The second-order valence-corrected chi connectivity index (χ2v) is 7.43. The van der Waals surface area contributed by atoms with E-state index in [9.17, 15) is 13.6 Å². The molecule has 1 amide bonds. The van der Waals surface area contributed by atoms with Gasteiger partial charge in [-0.05, 0) is 50.8 Å². The van der Waals surface area contributed by atoms with E-state index in [1.807, 2.05) is 20.8 Å². The maximum absolute atomic E-state index is 13.4. The fourth-order valence-electron chi connectivity index (χ4n) is 2.96. The monoisotopic (exact) mass is 349 g/mol. The first-order chi connectivity index (χ1) is 11.7. The summed E-state index contributed by atoms with van der Waals surface area (Å²) in [5.74, 6) is -1.31. The molecule has 1 aromatic carbocycles. The average Bonchev–Trinajstić information content (AvgIpc) is 3.22. The molecule has 2 atom stereocenters. The Morgan fingerprint density at radius 2 is 2.00 bits per heavy atom. The zero-order valence-electron chi connectivity index (χ0n) is 14.7. The molecule has 1 aromatic heterocycles. The fraction of sp³-hybridized carbons (Fsp3) is 0.500. The quantitative estimate of drug-likeness (QED) is 0.846. The number of rotatable bonds is 4. The molecule has 0 spiro atoms. The molecule has 25 heavy (non-hydrogen) atoms. The van der Waals surface area contributed by atoms with Crippen LogP contribution in [0.15, 0.2) is 22.6 Å². The van der Waals surface area contributed by atoms with Gasteiger partial charge in [-0.25, -0.2) is 8.78 Å². The van der Waals surface area contributed by atoms with Crippen LogP contribution in [0.3, 0.4) is 0 Å². The molecule has 1 saturated carbocycles. The standard InChI is InChI=1S/C18H21F2N3O2/c1-10-21-22-16(25-10)9-23(18(2,3)4)17(24)13-8-12(13)11-5-6-14(19)15(20)7-11/h5-7,12-13H,8-9H2,1-4H3/t12-,13-/m1/s1. The van der Waals surface area contributed by atoms with Crippen LogP contribution in [0.5, 0.6) is 0 Å². The number of amides is 1. The van der Waals surface area contributed by atoms with Crippen LogP contribution >= 0.6 is 0 Å². The number of carbonyl (C=O) groups is 1. The van der Waals surface area contributed by atoms with E-state index in [4.69, 9.17) is 4.42 Å². The van der Waals surface area contributed by atoms with Gasteiger partial charge >= 0.3 is 0 Å². The van der Waals surface area contributed by atoms with Gasteiger partial charge in [0.15, 0.2) is 11.6 Å². The Bertz CT molecular complexity index is 798. The second kappa shape index (κ2) is 6.20. The molecule has 0 bridgehead atoms. The van der Waals surface area contributed by atoms with E-state index in [0.29, 0.717) is 23.8 Å². The molecule has 3 rings (SSSR count). The minimum Gasteiger partial charge on any atom is -0.424 e. The lowest BCUT2D eigenvalue weighted by Gasteiger charge is -2.35. The number of hydrogen-bond acceptors (Lipinski definition) is 4. The van der Waals surface area contributed by atoms with Crippen LogP contribution in [0.2, 0.25) is 0 Å². The van der Waals surface area contributed by atoms with E-state index in [1.54, 1.807) is 17.9 Å². The molecule has 7 heteroatoms. The van der Waals surface area contributed by atoms with Gasteiger partial charge in [0.2, 0.25) is 17.7 Å². The normalized spacial score (nSPS) is 19.8. The fourth-order valence-corrected chi connectivity index (χ4v) is 2.96. The molecule has 2 aromatic rings. The molecule has 134 valence electrons. The van der Waals surface area contributed by atoms with Crippen molar-refractivity contribution in [3.05, 3.63) is 47.2 Å². The Morgan fingerprint density at radius 3 is 2.56 bits per heavy atom. The Morgan fingerprint density at radius 1 is 1.28 bits per heavy atom. The maximum atomic E-state index is 13.4.